The van der Waals surface area contributed by atoms with Gasteiger partial charge < -0.3 is 0 Å². The van der Waals surface area contributed by atoms with E-state index < -0.39 is 0 Å². The number of fused-ring (bicyclic) bond motifs is 6. The molecular formula is C28H24Li2. The van der Waals surface area contributed by atoms with Gasteiger partial charge in [-0.2, -0.15) is 0 Å². The van der Waals surface area contributed by atoms with Crippen LogP contribution in [0, 0.1) is 0 Å². The molecule has 0 saturated carbocycles. The third-order valence-corrected chi connectivity index (χ3v) is 6.56. The molecule has 0 bridgehead atoms. The molecule has 138 valence electrons. The zero-order valence-corrected chi connectivity index (χ0v) is 15.9. The Morgan fingerprint density at radius 1 is 0.433 bits per heavy atom. The first kappa shape index (κ1) is 21.3. The molecule has 0 saturated heterocycles. The zero-order chi connectivity index (χ0) is 18.5. The smallest absolute Gasteiger partial charge is 0.00107 e. The molecule has 2 aliphatic rings. The molecule has 4 aromatic rings. The summed E-state index contributed by atoms with van der Waals surface area (Å²) in [7, 11) is 0. The summed E-state index contributed by atoms with van der Waals surface area (Å²) in [5.41, 5.74) is 14.8. The van der Waals surface area contributed by atoms with Gasteiger partial charge in [0.15, 0.2) is 0 Å². The fraction of sp³-hybridized carbons (Fsp3) is 0.143. The van der Waals surface area contributed by atoms with E-state index in [1.165, 1.54) is 44.5 Å². The van der Waals surface area contributed by atoms with Crippen molar-refractivity contribution in [3.63, 3.8) is 0 Å². The quantitative estimate of drug-likeness (QED) is 0.368. The van der Waals surface area contributed by atoms with Gasteiger partial charge >= 0.3 is 37.7 Å². The van der Waals surface area contributed by atoms with E-state index in [4.69, 9.17) is 0 Å². The zero-order valence-electron chi connectivity index (χ0n) is 15.9. The molecule has 0 atom stereocenters. The van der Waals surface area contributed by atoms with Gasteiger partial charge in [-0.25, -0.2) is 0 Å². The van der Waals surface area contributed by atoms with E-state index in [1.54, 1.807) is 11.1 Å². The topological polar surface area (TPSA) is 0 Å². The van der Waals surface area contributed by atoms with Crippen LogP contribution in [0.4, 0.5) is 0 Å². The van der Waals surface area contributed by atoms with Crippen LogP contribution in [0.15, 0.2) is 84.9 Å². The predicted octanol–water partition coefficient (Wildman–Crippen LogP) is 5.32. The molecule has 0 aliphatic heterocycles. The van der Waals surface area contributed by atoms with Gasteiger partial charge in [0.25, 0.3) is 0 Å². The maximum absolute atomic E-state index is 2.34. The Labute approximate surface area is 203 Å². The van der Waals surface area contributed by atoms with Gasteiger partial charge in [-0.3, -0.25) is 0 Å². The molecule has 2 aliphatic carbocycles. The number of hydrogen-bond donors (Lipinski definition) is 0. The summed E-state index contributed by atoms with van der Waals surface area (Å²) in [5.74, 6) is 0. The van der Waals surface area contributed by atoms with Crippen LogP contribution >= 0.6 is 0 Å². The van der Waals surface area contributed by atoms with E-state index in [0.717, 1.165) is 25.7 Å². The Hall–Kier alpha value is -1.93. The monoisotopic (exact) mass is 374 g/mol. The van der Waals surface area contributed by atoms with Gasteiger partial charge in [0.1, 0.15) is 0 Å². The van der Waals surface area contributed by atoms with Gasteiger partial charge in [-0.15, -0.1) is 0 Å². The van der Waals surface area contributed by atoms with Crippen molar-refractivity contribution in [3.05, 3.63) is 118 Å². The minimum absolute atomic E-state index is 0. The third kappa shape index (κ3) is 3.44. The Morgan fingerprint density at radius 3 is 1.30 bits per heavy atom. The van der Waals surface area contributed by atoms with Gasteiger partial charge in [0.05, 0.1) is 0 Å². The van der Waals surface area contributed by atoms with Crippen LogP contribution in [0.5, 0.6) is 0 Å². The molecule has 0 aromatic heterocycles. The summed E-state index contributed by atoms with van der Waals surface area (Å²) in [5, 5.41) is 0. The summed E-state index contributed by atoms with van der Waals surface area (Å²) < 4.78 is 0. The van der Waals surface area contributed by atoms with Crippen molar-refractivity contribution in [2.24, 2.45) is 0 Å². The van der Waals surface area contributed by atoms with Crippen LogP contribution in [0.1, 0.15) is 33.4 Å². The normalized spacial score (nSPS) is 12.1. The largest absolute Gasteiger partial charge is 0.0619 e. The molecule has 6 rings (SSSR count). The van der Waals surface area contributed by atoms with Crippen molar-refractivity contribution in [2.45, 2.75) is 25.7 Å². The molecular weight excluding hydrogens is 350 g/mol. The summed E-state index contributed by atoms with van der Waals surface area (Å²) in [6.07, 6.45) is 4.40. The van der Waals surface area contributed by atoms with E-state index in [1.807, 2.05) is 0 Å². The summed E-state index contributed by atoms with van der Waals surface area (Å²) >= 11 is 0. The average Bonchev–Trinajstić information content (AvgIpc) is 3.31. The van der Waals surface area contributed by atoms with Crippen LogP contribution in [0.3, 0.4) is 0 Å². The Kier molecular flexibility index (Phi) is 6.16. The molecule has 4 aromatic carbocycles. The summed E-state index contributed by atoms with van der Waals surface area (Å²) in [4.78, 5) is 0. The first-order valence-corrected chi connectivity index (χ1v) is 10.3. The van der Waals surface area contributed by atoms with Crippen molar-refractivity contribution in [1.82, 2.24) is 0 Å². The maximum atomic E-state index is 2.34. The van der Waals surface area contributed by atoms with E-state index in [0.29, 0.717) is 0 Å². The Bertz CT molecular complexity index is 1130. The molecule has 0 unspecified atom stereocenters. The first-order valence-electron chi connectivity index (χ1n) is 10.3. The van der Waals surface area contributed by atoms with Crippen molar-refractivity contribution in [2.75, 3.05) is 0 Å². The second-order valence-electron chi connectivity index (χ2n) is 8.05. The third-order valence-electron chi connectivity index (χ3n) is 6.56. The van der Waals surface area contributed by atoms with Crippen LogP contribution in [-0.4, -0.2) is 37.7 Å². The second-order valence-corrected chi connectivity index (χ2v) is 8.05. The van der Waals surface area contributed by atoms with Gasteiger partial charge in [0, 0.05) is 0 Å². The molecule has 2 heteroatoms. The van der Waals surface area contributed by atoms with E-state index in [-0.39, 0.29) is 37.7 Å². The van der Waals surface area contributed by atoms with E-state index >= 15 is 0 Å². The number of hydrogen-bond acceptors (Lipinski definition) is 0. The molecule has 0 nitrogen and oxygen atoms in total. The Morgan fingerprint density at radius 2 is 0.833 bits per heavy atom. The van der Waals surface area contributed by atoms with Gasteiger partial charge in [-0.05, 0) is 81.3 Å². The Balaban J connectivity index is 0.00000109. The minimum Gasteiger partial charge on any atom is -0.0619 e. The molecule has 0 radical (unpaired) electrons. The molecule has 0 N–H and O–H groups in total. The van der Waals surface area contributed by atoms with Gasteiger partial charge in [0.2, 0.25) is 0 Å². The fourth-order valence-electron chi connectivity index (χ4n) is 5.18. The summed E-state index contributed by atoms with van der Waals surface area (Å²) in [6.45, 7) is 0. The first-order chi connectivity index (χ1) is 13.9. The van der Waals surface area contributed by atoms with Crippen LogP contribution in [0.25, 0.3) is 22.3 Å². The second kappa shape index (κ2) is 8.67. The van der Waals surface area contributed by atoms with Crippen molar-refractivity contribution in [1.29, 1.82) is 0 Å². The molecule has 0 amide bonds. The molecule has 30 heavy (non-hydrogen) atoms. The van der Waals surface area contributed by atoms with Crippen LogP contribution < -0.4 is 0 Å². The minimum atomic E-state index is 0. The van der Waals surface area contributed by atoms with Crippen LogP contribution in [0.2, 0.25) is 0 Å². The van der Waals surface area contributed by atoms with E-state index in [9.17, 15) is 0 Å². The van der Waals surface area contributed by atoms with E-state index in [2.05, 4.69) is 84.9 Å². The number of aryl methyl sites for hydroxylation is 2. The summed E-state index contributed by atoms with van der Waals surface area (Å²) in [6, 6.07) is 31.5. The van der Waals surface area contributed by atoms with Crippen molar-refractivity contribution in [3.8, 4) is 22.3 Å². The van der Waals surface area contributed by atoms with Crippen molar-refractivity contribution < 1.29 is 0 Å². The maximum Gasteiger partial charge on any atom is -0.00107 e. The SMILES string of the molecule is [LiH].[LiH].c1ccc2c(c1)Cc1c(CCc3cccc4c3Cc3ccccc3-4)cccc1-2. The molecule has 0 heterocycles. The number of benzene rings is 4. The standard InChI is InChI=1S/C28H22.2Li.2H/c1-3-11-23-21(7-1)17-27-19(9-5-13-25(23)27)15-16-20-10-6-14-26-24-12-4-2-8-22(24)18-28(20)26;;;;/h1-14H,15-18H2;;;;. The van der Waals surface area contributed by atoms with Gasteiger partial charge in [-0.1, -0.05) is 84.9 Å². The van der Waals surface area contributed by atoms with Crippen molar-refractivity contribution >= 4 is 37.7 Å². The number of rotatable bonds is 3. The van der Waals surface area contributed by atoms with Crippen LogP contribution in [-0.2, 0) is 25.7 Å². The molecule has 0 spiro atoms. The fourth-order valence-corrected chi connectivity index (χ4v) is 5.18. The average molecular weight is 374 g/mol. The molecule has 0 fully saturated rings. The predicted molar refractivity (Wildman–Crippen MR) is 131 cm³/mol.